The molecule has 2 aromatic carbocycles. The van der Waals surface area contributed by atoms with Crippen LogP contribution in [0.5, 0.6) is 0 Å². The molecule has 0 fully saturated rings. The van der Waals surface area contributed by atoms with Crippen LogP contribution >= 0.6 is 0 Å². The summed E-state index contributed by atoms with van der Waals surface area (Å²) in [5.41, 5.74) is -3.14. The minimum Gasteiger partial charge on any atom is -0.478 e. The SMILES string of the molecule is Cc1ccc(C(=O)O)cc1-c1cc(C(F)(F)F)cc(C(F)(F)F)c1. The fraction of sp³-hybridized carbons (Fsp3) is 0.188. The third-order valence-corrected chi connectivity index (χ3v) is 3.38. The molecule has 0 aromatic heterocycles. The zero-order chi connectivity index (χ0) is 18.3. The largest absolute Gasteiger partial charge is 0.478 e. The van der Waals surface area contributed by atoms with E-state index in [-0.39, 0.29) is 22.8 Å². The van der Waals surface area contributed by atoms with E-state index >= 15 is 0 Å². The van der Waals surface area contributed by atoms with E-state index in [1.807, 2.05) is 0 Å². The number of benzene rings is 2. The predicted octanol–water partition coefficient (Wildman–Crippen LogP) is 5.40. The van der Waals surface area contributed by atoms with Crippen molar-refractivity contribution >= 4 is 5.97 Å². The Kier molecular flexibility index (Phi) is 4.34. The average Bonchev–Trinajstić information content (AvgIpc) is 2.45. The molecule has 0 aliphatic rings. The van der Waals surface area contributed by atoms with Gasteiger partial charge in [0, 0.05) is 0 Å². The lowest BCUT2D eigenvalue weighted by molar-refractivity contribution is -0.143. The molecule has 2 nitrogen and oxygen atoms in total. The van der Waals surface area contributed by atoms with Crippen LogP contribution in [-0.2, 0) is 12.4 Å². The van der Waals surface area contributed by atoms with E-state index in [1.54, 1.807) is 0 Å². The maximum Gasteiger partial charge on any atom is 0.416 e. The van der Waals surface area contributed by atoms with E-state index in [1.165, 1.54) is 19.1 Å². The highest BCUT2D eigenvalue weighted by Crippen LogP contribution is 2.39. The summed E-state index contributed by atoms with van der Waals surface area (Å²) in [7, 11) is 0. The van der Waals surface area contributed by atoms with E-state index in [2.05, 4.69) is 0 Å². The number of halogens is 6. The van der Waals surface area contributed by atoms with Gasteiger partial charge in [0.25, 0.3) is 0 Å². The summed E-state index contributed by atoms with van der Waals surface area (Å²) in [4.78, 5) is 11.0. The van der Waals surface area contributed by atoms with Gasteiger partial charge in [-0.25, -0.2) is 4.79 Å². The van der Waals surface area contributed by atoms with Gasteiger partial charge in [-0.3, -0.25) is 0 Å². The molecule has 8 heteroatoms. The summed E-state index contributed by atoms with van der Waals surface area (Å²) in [5.74, 6) is -1.33. The molecular formula is C16H10F6O2. The summed E-state index contributed by atoms with van der Waals surface area (Å²) >= 11 is 0. The molecule has 24 heavy (non-hydrogen) atoms. The van der Waals surface area contributed by atoms with Crippen molar-refractivity contribution < 1.29 is 36.2 Å². The molecule has 0 heterocycles. The van der Waals surface area contributed by atoms with Crippen LogP contribution in [0.4, 0.5) is 26.3 Å². The van der Waals surface area contributed by atoms with Gasteiger partial charge >= 0.3 is 18.3 Å². The van der Waals surface area contributed by atoms with Gasteiger partial charge in [0.05, 0.1) is 16.7 Å². The zero-order valence-corrected chi connectivity index (χ0v) is 12.1. The average molecular weight is 348 g/mol. The predicted molar refractivity (Wildman–Crippen MR) is 73.6 cm³/mol. The molecule has 0 amide bonds. The Bertz CT molecular complexity index is 758. The van der Waals surface area contributed by atoms with Gasteiger partial charge in [-0.15, -0.1) is 0 Å². The number of carboxylic acid groups (broad SMARTS) is 1. The van der Waals surface area contributed by atoms with Crippen LogP contribution in [-0.4, -0.2) is 11.1 Å². The molecule has 0 spiro atoms. The van der Waals surface area contributed by atoms with Gasteiger partial charge < -0.3 is 5.11 Å². The first-order chi connectivity index (χ1) is 10.9. The number of aromatic carboxylic acids is 1. The second-order valence-corrected chi connectivity index (χ2v) is 5.13. The van der Waals surface area contributed by atoms with Gasteiger partial charge in [-0.05, 0) is 53.9 Å². The summed E-state index contributed by atoms with van der Waals surface area (Å²) in [6, 6.07) is 4.77. The lowest BCUT2D eigenvalue weighted by Crippen LogP contribution is -2.11. The van der Waals surface area contributed by atoms with Gasteiger partial charge in [0.15, 0.2) is 0 Å². The molecule has 0 aliphatic carbocycles. The van der Waals surface area contributed by atoms with Crippen molar-refractivity contribution in [2.75, 3.05) is 0 Å². The van der Waals surface area contributed by atoms with Crippen LogP contribution in [0.2, 0.25) is 0 Å². The second-order valence-electron chi connectivity index (χ2n) is 5.13. The zero-order valence-electron chi connectivity index (χ0n) is 12.1. The smallest absolute Gasteiger partial charge is 0.416 e. The topological polar surface area (TPSA) is 37.3 Å². The van der Waals surface area contributed by atoms with E-state index in [9.17, 15) is 31.1 Å². The molecule has 2 rings (SSSR count). The number of carbonyl (C=O) groups is 1. The Morgan fingerprint density at radius 2 is 1.38 bits per heavy atom. The molecule has 2 aromatic rings. The third kappa shape index (κ3) is 3.69. The normalized spacial score (nSPS) is 12.3. The lowest BCUT2D eigenvalue weighted by atomic mass is 9.94. The van der Waals surface area contributed by atoms with Gasteiger partial charge in [0.2, 0.25) is 0 Å². The fourth-order valence-corrected chi connectivity index (χ4v) is 2.18. The minimum atomic E-state index is -4.96. The second kappa shape index (κ2) is 5.85. The monoisotopic (exact) mass is 348 g/mol. The maximum atomic E-state index is 12.9. The third-order valence-electron chi connectivity index (χ3n) is 3.38. The highest BCUT2D eigenvalue weighted by Gasteiger charge is 2.37. The van der Waals surface area contributed by atoms with Crippen LogP contribution in [0, 0.1) is 6.92 Å². The molecule has 0 aliphatic heterocycles. The van der Waals surface area contributed by atoms with Crippen molar-refractivity contribution in [2.24, 2.45) is 0 Å². The van der Waals surface area contributed by atoms with Crippen LogP contribution < -0.4 is 0 Å². The fourth-order valence-electron chi connectivity index (χ4n) is 2.18. The number of hydrogen-bond acceptors (Lipinski definition) is 1. The summed E-state index contributed by atoms with van der Waals surface area (Å²) in [5, 5.41) is 8.95. The van der Waals surface area contributed by atoms with Gasteiger partial charge in [-0.1, -0.05) is 6.07 Å². The number of aryl methyl sites for hydroxylation is 1. The Balaban J connectivity index is 2.75. The quantitative estimate of drug-likeness (QED) is 0.738. The summed E-state index contributed by atoms with van der Waals surface area (Å²) in [6.07, 6.45) is -9.93. The standard InChI is InChI=1S/C16H10F6O2/c1-8-2-3-9(14(23)24)6-13(8)10-4-11(15(17,18)19)7-12(5-10)16(20,21)22/h2-7H,1H3,(H,23,24). The first-order valence-electron chi connectivity index (χ1n) is 6.53. The van der Waals surface area contributed by atoms with E-state index in [0.717, 1.165) is 6.07 Å². The maximum absolute atomic E-state index is 12.9. The lowest BCUT2D eigenvalue weighted by Gasteiger charge is -2.15. The minimum absolute atomic E-state index is 0.00787. The Morgan fingerprint density at radius 3 is 1.79 bits per heavy atom. The van der Waals surface area contributed by atoms with Crippen LogP contribution in [0.1, 0.15) is 27.0 Å². The first kappa shape index (κ1) is 17.8. The Morgan fingerprint density at radius 1 is 0.875 bits per heavy atom. The van der Waals surface area contributed by atoms with Crippen LogP contribution in [0.25, 0.3) is 11.1 Å². The Labute approximate surface area is 132 Å². The van der Waals surface area contributed by atoms with Crippen molar-refractivity contribution in [1.29, 1.82) is 0 Å². The summed E-state index contributed by atoms with van der Waals surface area (Å²) in [6.45, 7) is 1.47. The van der Waals surface area contributed by atoms with E-state index in [0.29, 0.717) is 17.7 Å². The molecule has 1 N–H and O–H groups in total. The van der Waals surface area contributed by atoms with Crippen molar-refractivity contribution in [3.05, 3.63) is 58.7 Å². The highest BCUT2D eigenvalue weighted by atomic mass is 19.4. The number of alkyl halides is 6. The highest BCUT2D eigenvalue weighted by molar-refractivity contribution is 5.90. The summed E-state index contributed by atoms with van der Waals surface area (Å²) < 4.78 is 77.4. The molecule has 0 saturated heterocycles. The molecule has 128 valence electrons. The van der Waals surface area contributed by atoms with Crippen molar-refractivity contribution in [3.8, 4) is 11.1 Å². The number of hydrogen-bond donors (Lipinski definition) is 1. The molecule has 0 unspecified atom stereocenters. The number of rotatable bonds is 2. The van der Waals surface area contributed by atoms with Crippen LogP contribution in [0.3, 0.4) is 0 Å². The molecular weight excluding hydrogens is 338 g/mol. The van der Waals surface area contributed by atoms with E-state index < -0.39 is 29.4 Å². The van der Waals surface area contributed by atoms with Crippen molar-refractivity contribution in [2.45, 2.75) is 19.3 Å². The number of carboxylic acids is 1. The van der Waals surface area contributed by atoms with Crippen molar-refractivity contribution in [1.82, 2.24) is 0 Å². The molecule has 0 bridgehead atoms. The van der Waals surface area contributed by atoms with Gasteiger partial charge in [0.1, 0.15) is 0 Å². The molecule has 0 radical (unpaired) electrons. The Hall–Kier alpha value is -2.51. The van der Waals surface area contributed by atoms with Crippen molar-refractivity contribution in [3.63, 3.8) is 0 Å². The molecule has 0 atom stereocenters. The van der Waals surface area contributed by atoms with Gasteiger partial charge in [-0.2, -0.15) is 26.3 Å². The van der Waals surface area contributed by atoms with E-state index in [4.69, 9.17) is 5.11 Å². The first-order valence-corrected chi connectivity index (χ1v) is 6.53. The molecule has 0 saturated carbocycles. The van der Waals surface area contributed by atoms with Crippen LogP contribution in [0.15, 0.2) is 36.4 Å².